The van der Waals surface area contributed by atoms with E-state index in [-0.39, 0.29) is 0 Å². The van der Waals surface area contributed by atoms with Crippen molar-refractivity contribution in [1.29, 1.82) is 0 Å². The highest BCUT2D eigenvalue weighted by molar-refractivity contribution is 5.93. The van der Waals surface area contributed by atoms with E-state index in [9.17, 15) is 4.79 Å². The standard InChI is InChI=1S/C34H33NO5/c1-5-37-33(36)34(3,4)40-31-19-18-30(27-16-9-10-17-28(27)31)38-21-20-29-23(2)39-32(35-29)26-15-11-14-25(22-26)24-12-7-6-8-13-24/h6-19,22H,5,20-21H2,1-4H3. The number of carbonyl (C=O) groups excluding carboxylic acids is 1. The predicted molar refractivity (Wildman–Crippen MR) is 157 cm³/mol. The van der Waals surface area contributed by atoms with E-state index in [1.165, 1.54) is 0 Å². The van der Waals surface area contributed by atoms with Crippen LogP contribution in [0.3, 0.4) is 0 Å². The van der Waals surface area contributed by atoms with Gasteiger partial charge in [0.2, 0.25) is 5.89 Å². The highest BCUT2D eigenvalue weighted by Gasteiger charge is 2.32. The molecule has 6 heteroatoms. The summed E-state index contributed by atoms with van der Waals surface area (Å²) in [6.07, 6.45) is 0.593. The van der Waals surface area contributed by atoms with Gasteiger partial charge in [-0.15, -0.1) is 0 Å². The Morgan fingerprint density at radius 2 is 1.48 bits per heavy atom. The molecule has 0 aliphatic carbocycles. The Bertz CT molecular complexity index is 1620. The number of aryl methyl sites for hydroxylation is 1. The summed E-state index contributed by atoms with van der Waals surface area (Å²) in [5.41, 5.74) is 2.94. The van der Waals surface area contributed by atoms with Gasteiger partial charge < -0.3 is 18.6 Å². The Kier molecular flexibility index (Phi) is 7.87. The zero-order valence-electron chi connectivity index (χ0n) is 23.3. The number of oxazole rings is 1. The van der Waals surface area contributed by atoms with Crippen LogP contribution in [-0.4, -0.2) is 29.8 Å². The van der Waals surface area contributed by atoms with Crippen LogP contribution in [0.2, 0.25) is 0 Å². The van der Waals surface area contributed by atoms with E-state index in [0.29, 0.717) is 31.3 Å². The lowest BCUT2D eigenvalue weighted by Crippen LogP contribution is -2.39. The second-order valence-corrected chi connectivity index (χ2v) is 10.0. The van der Waals surface area contributed by atoms with E-state index < -0.39 is 11.6 Å². The zero-order valence-corrected chi connectivity index (χ0v) is 23.3. The molecule has 40 heavy (non-hydrogen) atoms. The van der Waals surface area contributed by atoms with Gasteiger partial charge in [-0.05, 0) is 63.1 Å². The van der Waals surface area contributed by atoms with E-state index in [1.807, 2.05) is 73.7 Å². The molecule has 0 fully saturated rings. The van der Waals surface area contributed by atoms with Gasteiger partial charge in [0.1, 0.15) is 17.3 Å². The molecule has 0 radical (unpaired) electrons. The average Bonchev–Trinajstić information content (AvgIpc) is 3.35. The van der Waals surface area contributed by atoms with Crippen LogP contribution in [0.1, 0.15) is 32.2 Å². The van der Waals surface area contributed by atoms with Crippen LogP contribution in [-0.2, 0) is 16.0 Å². The van der Waals surface area contributed by atoms with E-state index in [1.54, 1.807) is 20.8 Å². The minimum absolute atomic E-state index is 0.297. The maximum atomic E-state index is 12.4. The minimum atomic E-state index is -1.12. The van der Waals surface area contributed by atoms with Crippen LogP contribution in [0.5, 0.6) is 11.5 Å². The van der Waals surface area contributed by atoms with Gasteiger partial charge in [0.05, 0.1) is 18.9 Å². The first-order valence-corrected chi connectivity index (χ1v) is 13.5. The number of carbonyl (C=O) groups is 1. The summed E-state index contributed by atoms with van der Waals surface area (Å²) in [6, 6.07) is 30.0. The van der Waals surface area contributed by atoms with Gasteiger partial charge in [-0.2, -0.15) is 0 Å². The van der Waals surface area contributed by atoms with Gasteiger partial charge in [-0.1, -0.05) is 66.7 Å². The van der Waals surface area contributed by atoms with Crippen molar-refractivity contribution >= 4 is 16.7 Å². The fraction of sp³-hybridized carbons (Fsp3) is 0.235. The molecule has 4 aromatic carbocycles. The lowest BCUT2D eigenvalue weighted by molar-refractivity contribution is -0.158. The summed E-state index contributed by atoms with van der Waals surface area (Å²) in [7, 11) is 0. The number of rotatable bonds is 10. The Hall–Kier alpha value is -4.58. The number of hydrogen-bond acceptors (Lipinski definition) is 6. The second-order valence-electron chi connectivity index (χ2n) is 10.0. The van der Waals surface area contributed by atoms with Crippen molar-refractivity contribution in [1.82, 2.24) is 4.98 Å². The summed E-state index contributed by atoms with van der Waals surface area (Å²) in [4.78, 5) is 17.1. The summed E-state index contributed by atoms with van der Waals surface area (Å²) in [6.45, 7) is 7.84. The fourth-order valence-electron chi connectivity index (χ4n) is 4.58. The Balaban J connectivity index is 1.30. The number of nitrogens with zero attached hydrogens (tertiary/aromatic N) is 1. The summed E-state index contributed by atoms with van der Waals surface area (Å²) in [5.74, 6) is 2.29. The quantitative estimate of drug-likeness (QED) is 0.170. The maximum absolute atomic E-state index is 12.4. The van der Waals surface area contributed by atoms with E-state index >= 15 is 0 Å². The topological polar surface area (TPSA) is 70.8 Å². The molecule has 5 rings (SSSR count). The molecule has 0 saturated carbocycles. The van der Waals surface area contributed by atoms with Crippen molar-refractivity contribution in [3.63, 3.8) is 0 Å². The van der Waals surface area contributed by atoms with Crippen LogP contribution < -0.4 is 9.47 Å². The Morgan fingerprint density at radius 3 is 2.23 bits per heavy atom. The number of aromatic nitrogens is 1. The van der Waals surface area contributed by atoms with Gasteiger partial charge in [-0.3, -0.25) is 0 Å². The normalized spacial score (nSPS) is 11.4. The van der Waals surface area contributed by atoms with Crippen molar-refractivity contribution in [3.05, 3.63) is 102 Å². The summed E-state index contributed by atoms with van der Waals surface area (Å²) in [5, 5.41) is 1.76. The molecule has 0 bridgehead atoms. The smallest absolute Gasteiger partial charge is 0.349 e. The SMILES string of the molecule is CCOC(=O)C(C)(C)Oc1ccc(OCCc2nc(-c3cccc(-c4ccccc4)c3)oc2C)c2ccccc12. The zero-order chi connectivity index (χ0) is 28.1. The molecule has 0 spiro atoms. The molecule has 1 heterocycles. The van der Waals surface area contributed by atoms with Gasteiger partial charge >= 0.3 is 5.97 Å². The van der Waals surface area contributed by atoms with E-state index in [0.717, 1.165) is 44.7 Å². The number of hydrogen-bond donors (Lipinski definition) is 0. The van der Waals surface area contributed by atoms with Gasteiger partial charge in [0.25, 0.3) is 0 Å². The fourth-order valence-corrected chi connectivity index (χ4v) is 4.58. The lowest BCUT2D eigenvalue weighted by Gasteiger charge is -2.25. The van der Waals surface area contributed by atoms with Crippen molar-refractivity contribution < 1.29 is 23.4 Å². The third-order valence-corrected chi connectivity index (χ3v) is 6.68. The van der Waals surface area contributed by atoms with Crippen LogP contribution in [0.15, 0.2) is 95.4 Å². The molecule has 6 nitrogen and oxygen atoms in total. The maximum Gasteiger partial charge on any atom is 0.349 e. The summed E-state index contributed by atoms with van der Waals surface area (Å²) < 4.78 is 23.5. The molecule has 5 aromatic rings. The van der Waals surface area contributed by atoms with Crippen LogP contribution in [0.4, 0.5) is 0 Å². The number of esters is 1. The van der Waals surface area contributed by atoms with Crippen molar-refractivity contribution in [3.8, 4) is 34.1 Å². The second kappa shape index (κ2) is 11.7. The number of benzene rings is 4. The molecular weight excluding hydrogens is 502 g/mol. The first-order valence-electron chi connectivity index (χ1n) is 13.5. The van der Waals surface area contributed by atoms with Gasteiger partial charge in [-0.25, -0.2) is 9.78 Å². The Labute approximate surface area is 234 Å². The minimum Gasteiger partial charge on any atom is -0.493 e. The first kappa shape index (κ1) is 27.0. The number of ether oxygens (including phenoxy) is 3. The monoisotopic (exact) mass is 535 g/mol. The highest BCUT2D eigenvalue weighted by atomic mass is 16.6. The molecule has 0 N–H and O–H groups in total. The third kappa shape index (κ3) is 5.86. The van der Waals surface area contributed by atoms with Crippen molar-refractivity contribution in [2.45, 2.75) is 39.7 Å². The molecule has 0 saturated heterocycles. The lowest BCUT2D eigenvalue weighted by atomic mass is 10.0. The Morgan fingerprint density at radius 1 is 0.825 bits per heavy atom. The average molecular weight is 536 g/mol. The van der Waals surface area contributed by atoms with E-state index in [2.05, 4.69) is 24.3 Å². The molecule has 1 aromatic heterocycles. The molecule has 0 unspecified atom stereocenters. The molecule has 204 valence electrons. The van der Waals surface area contributed by atoms with E-state index in [4.69, 9.17) is 23.6 Å². The van der Waals surface area contributed by atoms with Crippen LogP contribution in [0.25, 0.3) is 33.4 Å². The molecule has 0 atom stereocenters. The predicted octanol–water partition coefficient (Wildman–Crippen LogP) is 7.81. The van der Waals surface area contributed by atoms with Crippen molar-refractivity contribution in [2.75, 3.05) is 13.2 Å². The highest BCUT2D eigenvalue weighted by Crippen LogP contribution is 2.35. The largest absolute Gasteiger partial charge is 0.493 e. The van der Waals surface area contributed by atoms with Gasteiger partial charge in [0, 0.05) is 22.8 Å². The summed E-state index contributed by atoms with van der Waals surface area (Å²) >= 11 is 0. The molecule has 0 aliphatic heterocycles. The third-order valence-electron chi connectivity index (χ3n) is 6.68. The van der Waals surface area contributed by atoms with Gasteiger partial charge in [0.15, 0.2) is 5.60 Å². The first-order chi connectivity index (χ1) is 19.4. The molecule has 0 aliphatic rings. The van der Waals surface area contributed by atoms with Crippen LogP contribution >= 0.6 is 0 Å². The molecule has 0 amide bonds. The van der Waals surface area contributed by atoms with Crippen molar-refractivity contribution in [2.24, 2.45) is 0 Å². The molecular formula is C34H33NO5. The number of fused-ring (bicyclic) bond motifs is 1. The van der Waals surface area contributed by atoms with Crippen LogP contribution in [0, 0.1) is 6.92 Å².